The Labute approximate surface area is 134 Å². The molecule has 0 amide bonds. The first-order valence-electron chi connectivity index (χ1n) is 7.26. The van der Waals surface area contributed by atoms with Gasteiger partial charge in [-0.2, -0.15) is 0 Å². The molecule has 0 radical (unpaired) electrons. The van der Waals surface area contributed by atoms with Crippen molar-refractivity contribution in [3.63, 3.8) is 0 Å². The summed E-state index contributed by atoms with van der Waals surface area (Å²) in [5.74, 6) is -0.217. The molecule has 0 saturated carbocycles. The van der Waals surface area contributed by atoms with Crippen LogP contribution in [0.25, 0.3) is 0 Å². The van der Waals surface area contributed by atoms with Crippen molar-refractivity contribution in [2.24, 2.45) is 0 Å². The average molecular weight is 350 g/mol. The Hall–Kier alpha value is -1.19. The van der Waals surface area contributed by atoms with Crippen LogP contribution in [0.15, 0.2) is 40.9 Å². The van der Waals surface area contributed by atoms with Crippen molar-refractivity contribution < 1.29 is 4.39 Å². The Morgan fingerprint density at radius 3 is 2.62 bits per heavy atom. The van der Waals surface area contributed by atoms with Crippen LogP contribution in [-0.2, 0) is 6.42 Å². The van der Waals surface area contributed by atoms with Crippen LogP contribution < -0.4 is 5.32 Å². The minimum absolute atomic E-state index is 0.217. The average Bonchev–Trinajstić information content (AvgIpc) is 2.45. The highest BCUT2D eigenvalue weighted by atomic mass is 79.9. The molecule has 0 heterocycles. The van der Waals surface area contributed by atoms with Crippen molar-refractivity contribution in [3.8, 4) is 0 Å². The van der Waals surface area contributed by atoms with Gasteiger partial charge in [-0.25, -0.2) is 4.39 Å². The highest BCUT2D eigenvalue weighted by molar-refractivity contribution is 9.10. The maximum absolute atomic E-state index is 13.4. The fourth-order valence-corrected chi connectivity index (χ4v) is 3.02. The summed E-state index contributed by atoms with van der Waals surface area (Å²) in [4.78, 5) is 0. The second kappa shape index (κ2) is 7.19. The van der Waals surface area contributed by atoms with E-state index in [0.717, 1.165) is 18.5 Å². The third-order valence-electron chi connectivity index (χ3n) is 3.90. The zero-order valence-corrected chi connectivity index (χ0v) is 14.3. The van der Waals surface area contributed by atoms with Crippen molar-refractivity contribution in [1.82, 2.24) is 5.32 Å². The molecule has 112 valence electrons. The molecule has 21 heavy (non-hydrogen) atoms. The summed E-state index contributed by atoms with van der Waals surface area (Å²) in [5.41, 5.74) is 5.06. The van der Waals surface area contributed by atoms with Crippen LogP contribution in [0.4, 0.5) is 4.39 Å². The lowest BCUT2D eigenvalue weighted by atomic mass is 9.93. The first kappa shape index (κ1) is 16.2. The highest BCUT2D eigenvalue weighted by Gasteiger charge is 2.15. The lowest BCUT2D eigenvalue weighted by Crippen LogP contribution is -2.24. The molecule has 0 aromatic heterocycles. The van der Waals surface area contributed by atoms with E-state index in [9.17, 15) is 4.39 Å². The predicted molar refractivity (Wildman–Crippen MR) is 90.1 cm³/mol. The minimum atomic E-state index is -0.217. The second-order valence-electron chi connectivity index (χ2n) is 5.35. The van der Waals surface area contributed by atoms with Crippen LogP contribution >= 0.6 is 15.9 Å². The summed E-state index contributed by atoms with van der Waals surface area (Å²) in [6, 6.07) is 11.9. The third-order valence-corrected chi connectivity index (χ3v) is 4.50. The molecule has 0 aliphatic rings. The molecule has 3 heteroatoms. The maximum atomic E-state index is 13.4. The number of benzene rings is 2. The lowest BCUT2D eigenvalue weighted by molar-refractivity contribution is 0.545. The first-order valence-corrected chi connectivity index (χ1v) is 8.05. The first-order chi connectivity index (χ1) is 10.0. The Bertz CT molecular complexity index is 625. The molecular weight excluding hydrogens is 329 g/mol. The standard InChI is InChI=1S/C18H21BrFN/c1-4-21-18(15-7-5-6-12(2)13(15)3)11-14-8-9-17(20)16(19)10-14/h5-10,18,21H,4,11H2,1-3H3. The topological polar surface area (TPSA) is 12.0 Å². The number of halogens is 2. The van der Waals surface area contributed by atoms with Crippen LogP contribution in [0.1, 0.15) is 35.2 Å². The zero-order chi connectivity index (χ0) is 15.4. The van der Waals surface area contributed by atoms with E-state index in [1.54, 1.807) is 0 Å². The Balaban J connectivity index is 2.30. The Morgan fingerprint density at radius 1 is 1.19 bits per heavy atom. The van der Waals surface area contributed by atoms with Crippen LogP contribution in [0, 0.1) is 19.7 Å². The summed E-state index contributed by atoms with van der Waals surface area (Å²) in [6.07, 6.45) is 0.844. The van der Waals surface area contributed by atoms with E-state index in [4.69, 9.17) is 0 Å². The number of hydrogen-bond acceptors (Lipinski definition) is 1. The third kappa shape index (κ3) is 3.92. The summed E-state index contributed by atoms with van der Waals surface area (Å²) in [5, 5.41) is 3.54. The van der Waals surface area contributed by atoms with Crippen molar-refractivity contribution in [3.05, 3.63) is 68.9 Å². The molecule has 1 atom stereocenters. The van der Waals surface area contributed by atoms with Gasteiger partial charge in [0, 0.05) is 6.04 Å². The molecule has 1 nitrogen and oxygen atoms in total. The fourth-order valence-electron chi connectivity index (χ4n) is 2.59. The Kier molecular flexibility index (Phi) is 5.54. The smallest absolute Gasteiger partial charge is 0.137 e. The van der Waals surface area contributed by atoms with E-state index in [2.05, 4.69) is 60.2 Å². The number of hydrogen-bond donors (Lipinski definition) is 1. The molecular formula is C18H21BrFN. The summed E-state index contributed by atoms with van der Waals surface area (Å²) < 4.78 is 13.9. The highest BCUT2D eigenvalue weighted by Crippen LogP contribution is 2.25. The van der Waals surface area contributed by atoms with Crippen molar-refractivity contribution >= 4 is 15.9 Å². The van der Waals surface area contributed by atoms with Crippen LogP contribution in [0.3, 0.4) is 0 Å². The van der Waals surface area contributed by atoms with Gasteiger partial charge in [-0.1, -0.05) is 31.2 Å². The summed E-state index contributed by atoms with van der Waals surface area (Å²) in [6.45, 7) is 7.31. The monoisotopic (exact) mass is 349 g/mol. The molecule has 0 aliphatic heterocycles. The molecule has 1 unspecified atom stereocenters. The van der Waals surface area contributed by atoms with Gasteiger partial charge < -0.3 is 5.32 Å². The molecule has 0 aliphatic carbocycles. The molecule has 0 spiro atoms. The van der Waals surface area contributed by atoms with Crippen molar-refractivity contribution in [2.75, 3.05) is 6.54 Å². The van der Waals surface area contributed by atoms with Gasteiger partial charge in [0.2, 0.25) is 0 Å². The lowest BCUT2D eigenvalue weighted by Gasteiger charge is -2.21. The van der Waals surface area contributed by atoms with Crippen LogP contribution in [-0.4, -0.2) is 6.54 Å². The van der Waals surface area contributed by atoms with E-state index in [1.165, 1.54) is 22.8 Å². The van der Waals surface area contributed by atoms with Crippen LogP contribution in [0.5, 0.6) is 0 Å². The zero-order valence-electron chi connectivity index (χ0n) is 12.7. The van der Waals surface area contributed by atoms with Gasteiger partial charge in [0.25, 0.3) is 0 Å². The minimum Gasteiger partial charge on any atom is -0.310 e. The van der Waals surface area contributed by atoms with E-state index in [0.29, 0.717) is 4.47 Å². The molecule has 2 rings (SSSR count). The summed E-state index contributed by atoms with van der Waals surface area (Å²) in [7, 11) is 0. The molecule has 2 aromatic rings. The molecule has 2 aromatic carbocycles. The summed E-state index contributed by atoms with van der Waals surface area (Å²) >= 11 is 3.26. The van der Waals surface area contributed by atoms with Gasteiger partial charge in [-0.05, 0) is 77.1 Å². The van der Waals surface area contributed by atoms with Gasteiger partial charge in [0.1, 0.15) is 5.82 Å². The van der Waals surface area contributed by atoms with Crippen LogP contribution in [0.2, 0.25) is 0 Å². The van der Waals surface area contributed by atoms with Gasteiger partial charge in [0.05, 0.1) is 4.47 Å². The molecule has 1 N–H and O–H groups in total. The molecule has 0 bridgehead atoms. The van der Waals surface area contributed by atoms with Crippen molar-refractivity contribution in [1.29, 1.82) is 0 Å². The fraction of sp³-hybridized carbons (Fsp3) is 0.333. The van der Waals surface area contributed by atoms with Gasteiger partial charge in [-0.15, -0.1) is 0 Å². The van der Waals surface area contributed by atoms with Gasteiger partial charge in [-0.3, -0.25) is 0 Å². The number of nitrogens with one attached hydrogen (secondary N) is 1. The number of aryl methyl sites for hydroxylation is 1. The normalized spacial score (nSPS) is 12.4. The van der Waals surface area contributed by atoms with Gasteiger partial charge >= 0.3 is 0 Å². The molecule has 0 saturated heterocycles. The van der Waals surface area contributed by atoms with E-state index in [-0.39, 0.29) is 11.9 Å². The molecule has 0 fully saturated rings. The second-order valence-corrected chi connectivity index (χ2v) is 6.21. The maximum Gasteiger partial charge on any atom is 0.137 e. The van der Waals surface area contributed by atoms with E-state index < -0.39 is 0 Å². The van der Waals surface area contributed by atoms with Gasteiger partial charge in [0.15, 0.2) is 0 Å². The largest absolute Gasteiger partial charge is 0.310 e. The Morgan fingerprint density at radius 2 is 1.95 bits per heavy atom. The SMILES string of the molecule is CCNC(Cc1ccc(F)c(Br)c1)c1cccc(C)c1C. The quantitative estimate of drug-likeness (QED) is 0.791. The van der Waals surface area contributed by atoms with E-state index >= 15 is 0 Å². The predicted octanol–water partition coefficient (Wildman–Crippen LogP) is 5.10. The van der Waals surface area contributed by atoms with E-state index in [1.807, 2.05) is 12.1 Å². The number of rotatable bonds is 5. The number of likely N-dealkylation sites (N-methyl/N-ethyl adjacent to an activating group) is 1. The van der Waals surface area contributed by atoms with Crippen molar-refractivity contribution in [2.45, 2.75) is 33.2 Å².